The smallest absolute Gasteiger partial charge is 0.292 e. The van der Waals surface area contributed by atoms with E-state index in [0.717, 1.165) is 0 Å². The Morgan fingerprint density at radius 1 is 1.62 bits per heavy atom. The number of anilines is 1. The predicted molar refractivity (Wildman–Crippen MR) is 61.8 cm³/mol. The number of hydrogen-bond acceptors (Lipinski definition) is 5. The normalized spacial score (nSPS) is 11.9. The molecule has 3 N–H and O–H groups in total. The van der Waals surface area contributed by atoms with Crippen molar-refractivity contribution >= 4 is 11.4 Å². The van der Waals surface area contributed by atoms with Gasteiger partial charge >= 0.3 is 0 Å². The lowest BCUT2D eigenvalue weighted by Gasteiger charge is -2.13. The fourth-order valence-electron chi connectivity index (χ4n) is 1.24. The SMILES string of the molecule is COc1ccc([N+](=O)[O-])c(NC(C)CN)c1. The molecule has 6 nitrogen and oxygen atoms in total. The van der Waals surface area contributed by atoms with Crippen LogP contribution in [-0.2, 0) is 0 Å². The summed E-state index contributed by atoms with van der Waals surface area (Å²) in [5.41, 5.74) is 5.89. The quantitative estimate of drug-likeness (QED) is 0.583. The number of nitro groups is 1. The summed E-state index contributed by atoms with van der Waals surface area (Å²) in [6.07, 6.45) is 0. The van der Waals surface area contributed by atoms with Gasteiger partial charge in [-0.25, -0.2) is 0 Å². The summed E-state index contributed by atoms with van der Waals surface area (Å²) in [6.45, 7) is 2.25. The molecule has 0 amide bonds. The molecule has 0 aliphatic heterocycles. The molecule has 88 valence electrons. The van der Waals surface area contributed by atoms with Gasteiger partial charge in [0.1, 0.15) is 11.4 Å². The molecular weight excluding hydrogens is 210 g/mol. The van der Waals surface area contributed by atoms with E-state index in [1.807, 2.05) is 6.92 Å². The van der Waals surface area contributed by atoms with Crippen LogP contribution in [0, 0.1) is 10.1 Å². The van der Waals surface area contributed by atoms with E-state index in [-0.39, 0.29) is 11.7 Å². The van der Waals surface area contributed by atoms with Crippen LogP contribution in [0.1, 0.15) is 6.92 Å². The molecule has 1 unspecified atom stereocenters. The molecule has 0 fully saturated rings. The van der Waals surface area contributed by atoms with E-state index in [9.17, 15) is 10.1 Å². The lowest BCUT2D eigenvalue weighted by atomic mass is 10.2. The zero-order chi connectivity index (χ0) is 12.1. The summed E-state index contributed by atoms with van der Waals surface area (Å²) in [5.74, 6) is 0.567. The molecular formula is C10H15N3O3. The maximum Gasteiger partial charge on any atom is 0.292 e. The molecule has 0 spiro atoms. The Balaban J connectivity index is 3.05. The third-order valence-electron chi connectivity index (χ3n) is 2.16. The van der Waals surface area contributed by atoms with E-state index in [4.69, 9.17) is 10.5 Å². The van der Waals surface area contributed by atoms with Gasteiger partial charge in [0.2, 0.25) is 0 Å². The monoisotopic (exact) mass is 225 g/mol. The highest BCUT2D eigenvalue weighted by atomic mass is 16.6. The van der Waals surface area contributed by atoms with Crippen LogP contribution in [-0.4, -0.2) is 24.6 Å². The van der Waals surface area contributed by atoms with Gasteiger partial charge in [-0.3, -0.25) is 10.1 Å². The van der Waals surface area contributed by atoms with Gasteiger partial charge < -0.3 is 15.8 Å². The molecule has 0 aliphatic carbocycles. The molecule has 1 aromatic rings. The Bertz CT molecular complexity index is 382. The lowest BCUT2D eigenvalue weighted by Crippen LogP contribution is -2.25. The van der Waals surface area contributed by atoms with Crippen molar-refractivity contribution in [2.45, 2.75) is 13.0 Å². The fraction of sp³-hybridized carbons (Fsp3) is 0.400. The molecule has 0 heterocycles. The number of nitro benzene ring substituents is 1. The minimum Gasteiger partial charge on any atom is -0.497 e. The summed E-state index contributed by atoms with van der Waals surface area (Å²) in [5, 5.41) is 13.8. The second-order valence-corrected chi connectivity index (χ2v) is 3.42. The first-order valence-electron chi connectivity index (χ1n) is 4.87. The highest BCUT2D eigenvalue weighted by molar-refractivity contribution is 5.64. The fourth-order valence-corrected chi connectivity index (χ4v) is 1.24. The molecule has 0 saturated carbocycles. The lowest BCUT2D eigenvalue weighted by molar-refractivity contribution is -0.384. The summed E-state index contributed by atoms with van der Waals surface area (Å²) < 4.78 is 5.01. The van der Waals surface area contributed by atoms with Crippen molar-refractivity contribution in [1.29, 1.82) is 0 Å². The number of ether oxygens (including phenoxy) is 1. The van der Waals surface area contributed by atoms with Crippen molar-refractivity contribution in [3.8, 4) is 5.75 Å². The van der Waals surface area contributed by atoms with Crippen molar-refractivity contribution < 1.29 is 9.66 Å². The van der Waals surface area contributed by atoms with Crippen LogP contribution in [0.4, 0.5) is 11.4 Å². The number of nitrogens with zero attached hydrogens (tertiary/aromatic N) is 1. The topological polar surface area (TPSA) is 90.4 Å². The number of nitrogens with one attached hydrogen (secondary N) is 1. The van der Waals surface area contributed by atoms with E-state index in [1.54, 1.807) is 12.1 Å². The zero-order valence-electron chi connectivity index (χ0n) is 9.27. The number of hydrogen-bond donors (Lipinski definition) is 2. The summed E-state index contributed by atoms with van der Waals surface area (Å²) in [7, 11) is 1.51. The van der Waals surface area contributed by atoms with Gasteiger partial charge in [0.25, 0.3) is 5.69 Å². The molecule has 1 atom stereocenters. The molecule has 0 aromatic heterocycles. The van der Waals surface area contributed by atoms with Crippen LogP contribution < -0.4 is 15.8 Å². The zero-order valence-corrected chi connectivity index (χ0v) is 9.27. The maximum atomic E-state index is 10.8. The molecule has 0 bridgehead atoms. The predicted octanol–water partition coefficient (Wildman–Crippen LogP) is 1.36. The van der Waals surface area contributed by atoms with Crippen molar-refractivity contribution in [3.05, 3.63) is 28.3 Å². The number of rotatable bonds is 5. The second-order valence-electron chi connectivity index (χ2n) is 3.42. The molecule has 1 rings (SSSR count). The average molecular weight is 225 g/mol. The van der Waals surface area contributed by atoms with E-state index in [0.29, 0.717) is 18.0 Å². The van der Waals surface area contributed by atoms with E-state index >= 15 is 0 Å². The van der Waals surface area contributed by atoms with Crippen molar-refractivity contribution in [1.82, 2.24) is 0 Å². The van der Waals surface area contributed by atoms with Gasteiger partial charge in [0.05, 0.1) is 12.0 Å². The summed E-state index contributed by atoms with van der Waals surface area (Å²) in [6, 6.07) is 4.51. The van der Waals surface area contributed by atoms with Gasteiger partial charge in [-0.2, -0.15) is 0 Å². The summed E-state index contributed by atoms with van der Waals surface area (Å²) in [4.78, 5) is 10.3. The van der Waals surface area contributed by atoms with Crippen LogP contribution in [0.3, 0.4) is 0 Å². The largest absolute Gasteiger partial charge is 0.497 e. The third-order valence-corrected chi connectivity index (χ3v) is 2.16. The second kappa shape index (κ2) is 5.32. The van der Waals surface area contributed by atoms with Crippen molar-refractivity contribution in [2.75, 3.05) is 19.0 Å². The Labute approximate surface area is 93.5 Å². The number of benzene rings is 1. The van der Waals surface area contributed by atoms with Gasteiger partial charge in [0.15, 0.2) is 0 Å². The Morgan fingerprint density at radius 2 is 2.31 bits per heavy atom. The number of methoxy groups -OCH3 is 1. The summed E-state index contributed by atoms with van der Waals surface area (Å²) >= 11 is 0. The van der Waals surface area contributed by atoms with Crippen molar-refractivity contribution in [3.63, 3.8) is 0 Å². The average Bonchev–Trinajstić information content (AvgIpc) is 2.28. The van der Waals surface area contributed by atoms with Crippen LogP contribution in [0.2, 0.25) is 0 Å². The van der Waals surface area contributed by atoms with Crippen LogP contribution in [0.15, 0.2) is 18.2 Å². The molecule has 0 aliphatic rings. The minimum absolute atomic E-state index is 0.0149. The van der Waals surface area contributed by atoms with Crippen molar-refractivity contribution in [2.24, 2.45) is 5.73 Å². The maximum absolute atomic E-state index is 10.8. The highest BCUT2D eigenvalue weighted by Crippen LogP contribution is 2.29. The Morgan fingerprint density at radius 3 is 2.81 bits per heavy atom. The van der Waals surface area contributed by atoms with Crippen LogP contribution in [0.25, 0.3) is 0 Å². The standard InChI is InChI=1S/C10H15N3O3/c1-7(6-11)12-9-5-8(16-2)3-4-10(9)13(14)15/h3-5,7,12H,6,11H2,1-2H3. The third kappa shape index (κ3) is 2.83. The van der Waals surface area contributed by atoms with Gasteiger partial charge in [-0.15, -0.1) is 0 Å². The van der Waals surface area contributed by atoms with Crippen LogP contribution in [0.5, 0.6) is 5.75 Å². The first-order chi connectivity index (χ1) is 7.58. The first kappa shape index (κ1) is 12.3. The van der Waals surface area contributed by atoms with Crippen LogP contribution >= 0.6 is 0 Å². The first-order valence-corrected chi connectivity index (χ1v) is 4.87. The van der Waals surface area contributed by atoms with E-state index in [2.05, 4.69) is 5.32 Å². The molecule has 0 radical (unpaired) electrons. The molecule has 6 heteroatoms. The molecule has 1 aromatic carbocycles. The Hall–Kier alpha value is -1.82. The minimum atomic E-state index is -0.439. The Kier molecular flexibility index (Phi) is 4.07. The number of nitrogens with two attached hydrogens (primary N) is 1. The van der Waals surface area contributed by atoms with Gasteiger partial charge in [0, 0.05) is 24.7 Å². The highest BCUT2D eigenvalue weighted by Gasteiger charge is 2.15. The molecule has 16 heavy (non-hydrogen) atoms. The van der Waals surface area contributed by atoms with Gasteiger partial charge in [-0.05, 0) is 13.0 Å². The molecule has 0 saturated heterocycles. The van der Waals surface area contributed by atoms with Gasteiger partial charge in [-0.1, -0.05) is 0 Å². The van der Waals surface area contributed by atoms with E-state index < -0.39 is 4.92 Å². The van der Waals surface area contributed by atoms with E-state index in [1.165, 1.54) is 13.2 Å².